The molecule has 1 aromatic carbocycles. The SMILES string of the molecule is CC(=O)c1c[nH]c(C(=O)NCC2CCN(c3ccc(Cl)cc3)C2)c1. The van der Waals surface area contributed by atoms with Crippen molar-refractivity contribution in [2.24, 2.45) is 5.92 Å². The summed E-state index contributed by atoms with van der Waals surface area (Å²) in [6, 6.07) is 9.41. The first-order chi connectivity index (χ1) is 11.5. The predicted molar refractivity (Wildman–Crippen MR) is 94.9 cm³/mol. The second-order valence-electron chi connectivity index (χ2n) is 6.15. The molecule has 24 heavy (non-hydrogen) atoms. The summed E-state index contributed by atoms with van der Waals surface area (Å²) >= 11 is 5.92. The van der Waals surface area contributed by atoms with Crippen LogP contribution in [0.1, 0.15) is 34.2 Å². The van der Waals surface area contributed by atoms with E-state index in [-0.39, 0.29) is 11.7 Å². The van der Waals surface area contributed by atoms with Crippen molar-refractivity contribution < 1.29 is 9.59 Å². The summed E-state index contributed by atoms with van der Waals surface area (Å²) in [5.41, 5.74) is 2.10. The van der Waals surface area contributed by atoms with Gasteiger partial charge in [0.05, 0.1) is 0 Å². The number of rotatable bonds is 5. The number of amides is 1. The van der Waals surface area contributed by atoms with Gasteiger partial charge in [-0.1, -0.05) is 11.6 Å². The maximum atomic E-state index is 12.1. The van der Waals surface area contributed by atoms with Crippen molar-refractivity contribution >= 4 is 29.0 Å². The van der Waals surface area contributed by atoms with E-state index in [4.69, 9.17) is 11.6 Å². The lowest BCUT2D eigenvalue weighted by molar-refractivity contribution is 0.0943. The van der Waals surface area contributed by atoms with E-state index in [1.54, 1.807) is 12.3 Å². The number of halogens is 1. The molecule has 1 fully saturated rings. The molecule has 0 radical (unpaired) electrons. The van der Waals surface area contributed by atoms with Crippen LogP contribution in [-0.2, 0) is 0 Å². The molecule has 0 saturated carbocycles. The van der Waals surface area contributed by atoms with Crippen LogP contribution in [0.5, 0.6) is 0 Å². The highest BCUT2D eigenvalue weighted by Gasteiger charge is 2.23. The number of hydrogen-bond acceptors (Lipinski definition) is 3. The highest BCUT2D eigenvalue weighted by atomic mass is 35.5. The predicted octanol–water partition coefficient (Wildman–Crippen LogP) is 3.13. The van der Waals surface area contributed by atoms with Crippen LogP contribution in [0.25, 0.3) is 0 Å². The van der Waals surface area contributed by atoms with Crippen molar-refractivity contribution in [3.8, 4) is 0 Å². The number of ketones is 1. The Hall–Kier alpha value is -2.27. The number of H-pyrrole nitrogens is 1. The Morgan fingerprint density at radius 1 is 1.33 bits per heavy atom. The van der Waals surface area contributed by atoms with Gasteiger partial charge in [0.25, 0.3) is 5.91 Å². The Kier molecular flexibility index (Phi) is 4.90. The molecule has 0 spiro atoms. The van der Waals surface area contributed by atoms with Crippen LogP contribution < -0.4 is 10.2 Å². The van der Waals surface area contributed by atoms with Crippen LogP contribution in [0.4, 0.5) is 5.69 Å². The second-order valence-corrected chi connectivity index (χ2v) is 6.58. The lowest BCUT2D eigenvalue weighted by Gasteiger charge is -2.19. The molecule has 1 unspecified atom stereocenters. The van der Waals surface area contributed by atoms with E-state index in [0.717, 1.165) is 30.2 Å². The molecule has 5 nitrogen and oxygen atoms in total. The van der Waals surface area contributed by atoms with Crippen molar-refractivity contribution in [3.63, 3.8) is 0 Å². The average molecular weight is 346 g/mol. The number of carbonyl (C=O) groups is 2. The fourth-order valence-electron chi connectivity index (χ4n) is 2.95. The van der Waals surface area contributed by atoms with Crippen molar-refractivity contribution in [1.82, 2.24) is 10.3 Å². The first-order valence-electron chi connectivity index (χ1n) is 8.01. The third-order valence-corrected chi connectivity index (χ3v) is 4.62. The van der Waals surface area contributed by atoms with Gasteiger partial charge in [0.2, 0.25) is 0 Å². The zero-order valence-electron chi connectivity index (χ0n) is 13.5. The summed E-state index contributed by atoms with van der Waals surface area (Å²) in [6.45, 7) is 3.98. The number of benzene rings is 1. The lowest BCUT2D eigenvalue weighted by atomic mass is 10.1. The largest absolute Gasteiger partial charge is 0.371 e. The van der Waals surface area contributed by atoms with Gasteiger partial charge in [0.15, 0.2) is 5.78 Å². The molecular weight excluding hydrogens is 326 g/mol. The van der Waals surface area contributed by atoms with Gasteiger partial charge in [0.1, 0.15) is 5.69 Å². The summed E-state index contributed by atoms with van der Waals surface area (Å²) in [5.74, 6) is 0.180. The standard InChI is InChI=1S/C18H20ClN3O2/c1-12(23)14-8-17(20-10-14)18(24)21-9-13-6-7-22(11-13)16-4-2-15(19)3-5-16/h2-5,8,10,13,20H,6-7,9,11H2,1H3,(H,21,24). The van der Waals surface area contributed by atoms with Gasteiger partial charge in [-0.3, -0.25) is 9.59 Å². The van der Waals surface area contributed by atoms with Crippen molar-refractivity contribution in [2.45, 2.75) is 13.3 Å². The number of anilines is 1. The quantitative estimate of drug-likeness (QED) is 0.818. The van der Waals surface area contributed by atoms with E-state index in [1.807, 2.05) is 24.3 Å². The van der Waals surface area contributed by atoms with E-state index in [0.29, 0.717) is 23.7 Å². The van der Waals surface area contributed by atoms with Gasteiger partial charge < -0.3 is 15.2 Å². The fraction of sp³-hybridized carbons (Fsp3) is 0.333. The van der Waals surface area contributed by atoms with Crippen LogP contribution in [0, 0.1) is 5.92 Å². The smallest absolute Gasteiger partial charge is 0.267 e. The number of nitrogens with one attached hydrogen (secondary N) is 2. The van der Waals surface area contributed by atoms with Crippen LogP contribution >= 0.6 is 11.6 Å². The summed E-state index contributed by atoms with van der Waals surface area (Å²) in [7, 11) is 0. The third kappa shape index (κ3) is 3.79. The van der Waals surface area contributed by atoms with E-state index >= 15 is 0 Å². The fourth-order valence-corrected chi connectivity index (χ4v) is 3.07. The summed E-state index contributed by atoms with van der Waals surface area (Å²) in [4.78, 5) is 28.6. The minimum Gasteiger partial charge on any atom is -0.371 e. The maximum Gasteiger partial charge on any atom is 0.267 e. The Balaban J connectivity index is 1.51. The van der Waals surface area contributed by atoms with Crippen molar-refractivity contribution in [1.29, 1.82) is 0 Å². The van der Waals surface area contributed by atoms with E-state index < -0.39 is 0 Å². The van der Waals surface area contributed by atoms with Gasteiger partial charge in [-0.2, -0.15) is 0 Å². The van der Waals surface area contributed by atoms with Gasteiger partial charge in [-0.25, -0.2) is 0 Å². The van der Waals surface area contributed by atoms with Crippen molar-refractivity contribution in [3.05, 3.63) is 52.8 Å². The highest BCUT2D eigenvalue weighted by molar-refractivity contribution is 6.30. The molecule has 1 saturated heterocycles. The Morgan fingerprint density at radius 2 is 2.08 bits per heavy atom. The monoisotopic (exact) mass is 345 g/mol. The molecule has 1 aromatic heterocycles. The number of nitrogens with zero attached hydrogens (tertiary/aromatic N) is 1. The summed E-state index contributed by atoms with van der Waals surface area (Å²) in [6.07, 6.45) is 2.60. The van der Waals surface area contributed by atoms with Gasteiger partial charge >= 0.3 is 0 Å². The molecular formula is C18H20ClN3O2. The number of aromatic nitrogens is 1. The first-order valence-corrected chi connectivity index (χ1v) is 8.39. The maximum absolute atomic E-state index is 12.1. The van der Waals surface area contributed by atoms with Crippen LogP contribution in [0.15, 0.2) is 36.5 Å². The summed E-state index contributed by atoms with van der Waals surface area (Å²) in [5, 5.41) is 3.68. The lowest BCUT2D eigenvalue weighted by Crippen LogP contribution is -2.31. The minimum atomic E-state index is -0.174. The number of aromatic amines is 1. The molecule has 1 aliphatic rings. The van der Waals surface area contributed by atoms with E-state index in [2.05, 4.69) is 15.2 Å². The molecule has 2 heterocycles. The van der Waals surface area contributed by atoms with Crippen LogP contribution in [0.3, 0.4) is 0 Å². The molecule has 3 rings (SSSR count). The van der Waals surface area contributed by atoms with Gasteiger partial charge in [-0.15, -0.1) is 0 Å². The van der Waals surface area contributed by atoms with E-state index in [1.165, 1.54) is 6.92 Å². The summed E-state index contributed by atoms with van der Waals surface area (Å²) < 4.78 is 0. The number of Topliss-reactive ketones (excluding diaryl/α,β-unsaturated/α-hetero) is 1. The zero-order valence-corrected chi connectivity index (χ0v) is 14.3. The van der Waals surface area contributed by atoms with Crippen molar-refractivity contribution in [2.75, 3.05) is 24.5 Å². The van der Waals surface area contributed by atoms with Gasteiger partial charge in [0, 0.05) is 42.1 Å². The normalized spacial score (nSPS) is 17.1. The van der Waals surface area contributed by atoms with Gasteiger partial charge in [-0.05, 0) is 49.6 Å². The zero-order chi connectivity index (χ0) is 17.1. The van der Waals surface area contributed by atoms with E-state index in [9.17, 15) is 9.59 Å². The molecule has 2 N–H and O–H groups in total. The average Bonchev–Trinajstić information content (AvgIpc) is 3.23. The molecule has 2 aromatic rings. The minimum absolute atomic E-state index is 0.0558. The number of hydrogen-bond donors (Lipinski definition) is 2. The van der Waals surface area contributed by atoms with Crippen LogP contribution in [-0.4, -0.2) is 36.3 Å². The Labute approximate surface area is 146 Å². The molecule has 0 aliphatic carbocycles. The topological polar surface area (TPSA) is 65.2 Å². The number of carbonyl (C=O) groups excluding carboxylic acids is 2. The Morgan fingerprint density at radius 3 is 2.75 bits per heavy atom. The Bertz CT molecular complexity index is 739. The molecule has 1 amide bonds. The third-order valence-electron chi connectivity index (χ3n) is 4.36. The molecule has 1 aliphatic heterocycles. The highest BCUT2D eigenvalue weighted by Crippen LogP contribution is 2.24. The molecule has 1 atom stereocenters. The second kappa shape index (κ2) is 7.09. The van der Waals surface area contributed by atoms with Crippen LogP contribution in [0.2, 0.25) is 5.02 Å². The molecule has 0 bridgehead atoms. The molecule has 6 heteroatoms. The molecule has 126 valence electrons. The first kappa shape index (κ1) is 16.6.